The van der Waals surface area contributed by atoms with E-state index in [2.05, 4.69) is 10.1 Å². The van der Waals surface area contributed by atoms with E-state index in [1.807, 2.05) is 0 Å². The maximum atomic E-state index is 12.8. The largest absolute Gasteiger partial charge is 0.441 e. The van der Waals surface area contributed by atoms with Crippen LogP contribution in [0.4, 0.5) is 13.2 Å². The molecule has 0 radical (unpaired) electrons. The Morgan fingerprint density at radius 1 is 1.20 bits per heavy atom. The average molecular weight is 450 g/mol. The fourth-order valence-electron chi connectivity index (χ4n) is 2.46. The first-order valence-corrected chi connectivity index (χ1v) is 9.85. The minimum atomic E-state index is -4.70. The molecule has 1 aromatic carbocycles. The van der Waals surface area contributed by atoms with Gasteiger partial charge in [0.05, 0.1) is 5.57 Å². The molecule has 7 nitrogen and oxygen atoms in total. The predicted octanol–water partition coefficient (Wildman–Crippen LogP) is 4.15. The van der Waals surface area contributed by atoms with E-state index in [-0.39, 0.29) is 28.3 Å². The highest BCUT2D eigenvalue weighted by Gasteiger charge is 2.46. The number of thioether (sulfide) groups is 1. The van der Waals surface area contributed by atoms with Crippen molar-refractivity contribution in [3.8, 4) is 5.75 Å². The van der Waals surface area contributed by atoms with E-state index in [1.165, 1.54) is 41.7 Å². The third kappa shape index (κ3) is 3.91. The van der Waals surface area contributed by atoms with Crippen LogP contribution in [0, 0.1) is 5.41 Å². The van der Waals surface area contributed by atoms with Crippen molar-refractivity contribution in [3.05, 3.63) is 57.8 Å². The fourth-order valence-corrected chi connectivity index (χ4v) is 3.81. The van der Waals surface area contributed by atoms with Gasteiger partial charge >= 0.3 is 12.1 Å². The fraction of sp³-hybridized carbons (Fsp3) is 0.0556. The van der Waals surface area contributed by atoms with Crippen LogP contribution in [0.1, 0.15) is 15.2 Å². The Labute approximate surface area is 175 Å². The van der Waals surface area contributed by atoms with Crippen molar-refractivity contribution < 1.29 is 27.5 Å². The van der Waals surface area contributed by atoms with Gasteiger partial charge in [-0.2, -0.15) is 28.3 Å². The zero-order valence-corrected chi connectivity index (χ0v) is 16.3. The summed E-state index contributed by atoms with van der Waals surface area (Å²) in [6.45, 7) is 0. The highest BCUT2D eigenvalue weighted by molar-refractivity contribution is 8.27. The molecular weight excluding hydrogens is 441 g/mol. The van der Waals surface area contributed by atoms with Gasteiger partial charge < -0.3 is 4.74 Å². The van der Waals surface area contributed by atoms with Crippen molar-refractivity contribution in [1.82, 2.24) is 5.01 Å². The molecule has 2 aliphatic rings. The van der Waals surface area contributed by atoms with Gasteiger partial charge in [0.15, 0.2) is 5.84 Å². The molecule has 1 N–H and O–H groups in total. The molecule has 0 saturated carbocycles. The molecule has 0 aliphatic carbocycles. The zero-order chi connectivity index (χ0) is 21.5. The van der Waals surface area contributed by atoms with Crippen LogP contribution in [-0.2, 0) is 4.79 Å². The Morgan fingerprint density at radius 3 is 2.57 bits per heavy atom. The van der Waals surface area contributed by atoms with Crippen LogP contribution in [-0.4, -0.2) is 39.1 Å². The monoisotopic (exact) mass is 450 g/mol. The topological polar surface area (TPSA) is 95.2 Å². The quantitative estimate of drug-likeness (QED) is 0.431. The molecule has 2 aliphatic heterocycles. The second-order valence-electron chi connectivity index (χ2n) is 5.86. The van der Waals surface area contributed by atoms with Crippen molar-refractivity contribution in [2.45, 2.75) is 6.18 Å². The number of fused-ring (bicyclic) bond motifs is 1. The first kappa shape index (κ1) is 20.0. The van der Waals surface area contributed by atoms with Crippen molar-refractivity contribution in [1.29, 1.82) is 5.41 Å². The summed E-state index contributed by atoms with van der Waals surface area (Å²) in [6.07, 6.45) is -3.39. The summed E-state index contributed by atoms with van der Waals surface area (Å²) in [4.78, 5) is 28.2. The van der Waals surface area contributed by atoms with Gasteiger partial charge in [-0.1, -0.05) is 18.2 Å². The predicted molar refractivity (Wildman–Crippen MR) is 107 cm³/mol. The minimum absolute atomic E-state index is 0.188. The van der Waals surface area contributed by atoms with Crippen LogP contribution in [0.25, 0.3) is 6.08 Å². The molecule has 2 aromatic rings. The second-order valence-corrected chi connectivity index (χ2v) is 7.76. The van der Waals surface area contributed by atoms with E-state index in [1.54, 1.807) is 17.5 Å². The summed E-state index contributed by atoms with van der Waals surface area (Å²) in [6, 6.07) is 9.41. The highest BCUT2D eigenvalue weighted by Crippen LogP contribution is 2.35. The molecule has 0 bridgehead atoms. The molecule has 0 unspecified atom stereocenters. The number of hydrogen-bond acceptors (Lipinski definition) is 7. The van der Waals surface area contributed by atoms with E-state index >= 15 is 0 Å². The number of carbonyl (C=O) groups is 2. The number of hydrazone groups is 1. The molecule has 0 spiro atoms. The lowest BCUT2D eigenvalue weighted by Crippen LogP contribution is -2.35. The first-order valence-electron chi connectivity index (χ1n) is 8.15. The normalized spacial score (nSPS) is 17.7. The summed E-state index contributed by atoms with van der Waals surface area (Å²) >= 11 is 1.43. The van der Waals surface area contributed by atoms with Crippen LogP contribution in [0.5, 0.6) is 5.75 Å². The number of rotatable bonds is 3. The van der Waals surface area contributed by atoms with Crippen molar-refractivity contribution >= 4 is 57.1 Å². The van der Waals surface area contributed by atoms with Gasteiger partial charge in [0.2, 0.25) is 10.2 Å². The van der Waals surface area contributed by atoms with Crippen LogP contribution in [0.2, 0.25) is 0 Å². The number of benzene rings is 1. The van der Waals surface area contributed by atoms with E-state index in [9.17, 15) is 22.8 Å². The maximum absolute atomic E-state index is 12.8. The van der Waals surface area contributed by atoms with Gasteiger partial charge in [-0.05, 0) is 47.0 Å². The lowest BCUT2D eigenvalue weighted by molar-refractivity contribution is -0.114. The third-order valence-electron chi connectivity index (χ3n) is 3.82. The molecule has 30 heavy (non-hydrogen) atoms. The number of aliphatic imine (C=N–C) groups is 1. The summed E-state index contributed by atoms with van der Waals surface area (Å²) in [5.41, 5.74) is 0.249. The van der Waals surface area contributed by atoms with Gasteiger partial charge in [0.25, 0.3) is 5.91 Å². The van der Waals surface area contributed by atoms with Gasteiger partial charge in [-0.3, -0.25) is 10.2 Å². The summed E-state index contributed by atoms with van der Waals surface area (Å²) in [5.74, 6) is -1.58. The third-order valence-corrected chi connectivity index (χ3v) is 5.62. The first-order chi connectivity index (χ1) is 14.2. The van der Waals surface area contributed by atoms with E-state index in [4.69, 9.17) is 10.1 Å². The number of thiophene rings is 1. The highest BCUT2D eigenvalue weighted by atomic mass is 32.2. The van der Waals surface area contributed by atoms with Gasteiger partial charge in [-0.15, -0.1) is 11.3 Å². The molecule has 1 amide bonds. The molecule has 4 rings (SSSR count). The SMILES string of the molecule is N=C1/C(=C/c2ccc(OC(=O)c3cccs3)cc2)C(=O)N=C2SC(C(F)(F)F)=NN12. The standard InChI is InChI=1S/C18H9F3N4O3S2/c19-18(20,21)16-24-25-13(22)11(14(26)23-17(25)30-16)8-9-3-5-10(6-4-9)28-15(27)12-2-1-7-29-12/h1-8,22H/b11-8-,22-13?. The van der Waals surface area contributed by atoms with Crippen molar-refractivity contribution in [2.24, 2.45) is 10.1 Å². The Balaban J connectivity index is 1.53. The number of carbonyl (C=O) groups excluding carboxylic acids is 2. The number of ether oxygens (including phenoxy) is 1. The Bertz CT molecular complexity index is 1140. The maximum Gasteiger partial charge on any atom is 0.441 e. The van der Waals surface area contributed by atoms with Crippen LogP contribution in [0.3, 0.4) is 0 Å². The van der Waals surface area contributed by atoms with Crippen LogP contribution >= 0.6 is 23.1 Å². The smallest absolute Gasteiger partial charge is 0.422 e. The van der Waals surface area contributed by atoms with E-state index in [0.717, 1.165) is 0 Å². The van der Waals surface area contributed by atoms with E-state index < -0.39 is 28.9 Å². The Hall–Kier alpha value is -3.25. The summed E-state index contributed by atoms with van der Waals surface area (Å²) in [5, 5.41) is 12.3. The number of esters is 1. The van der Waals surface area contributed by atoms with Gasteiger partial charge in [-0.25, -0.2) is 4.79 Å². The lowest BCUT2D eigenvalue weighted by Gasteiger charge is -2.20. The van der Waals surface area contributed by atoms with E-state index in [0.29, 0.717) is 15.4 Å². The molecule has 12 heteroatoms. The summed E-state index contributed by atoms with van der Waals surface area (Å²) in [7, 11) is 0. The molecule has 0 atom stereocenters. The van der Waals surface area contributed by atoms with Gasteiger partial charge in [0.1, 0.15) is 10.6 Å². The lowest BCUT2D eigenvalue weighted by atomic mass is 10.1. The number of amides is 1. The van der Waals surface area contributed by atoms with Crippen LogP contribution < -0.4 is 4.74 Å². The molecule has 1 aromatic heterocycles. The number of amidine groups is 2. The molecule has 152 valence electrons. The van der Waals surface area contributed by atoms with Gasteiger partial charge in [0, 0.05) is 0 Å². The van der Waals surface area contributed by atoms with Crippen molar-refractivity contribution in [3.63, 3.8) is 0 Å². The number of halogens is 3. The second kappa shape index (κ2) is 7.54. The molecule has 0 saturated heterocycles. The molecule has 0 fully saturated rings. The molecular formula is C18H9F3N4O3S2. The molecule has 3 heterocycles. The van der Waals surface area contributed by atoms with Crippen molar-refractivity contribution in [2.75, 3.05) is 0 Å². The number of nitrogens with one attached hydrogen (secondary N) is 1. The number of alkyl halides is 3. The summed E-state index contributed by atoms with van der Waals surface area (Å²) < 4.78 is 43.8. The average Bonchev–Trinajstić information content (AvgIpc) is 3.36. The Kier molecular flexibility index (Phi) is 5.03. The minimum Gasteiger partial charge on any atom is -0.422 e. The van der Waals surface area contributed by atoms with Crippen LogP contribution in [0.15, 0.2) is 57.4 Å². The number of nitrogens with zero attached hydrogens (tertiary/aromatic N) is 3. The Morgan fingerprint density at radius 2 is 1.93 bits per heavy atom. The zero-order valence-electron chi connectivity index (χ0n) is 14.6. The number of hydrogen-bond donors (Lipinski definition) is 1.